The number of nitrogens with one attached hydrogen (secondary N) is 1. The van der Waals surface area contributed by atoms with Gasteiger partial charge in [0.25, 0.3) is 0 Å². The van der Waals surface area contributed by atoms with E-state index in [1.165, 1.54) is 17.1 Å². The Kier molecular flexibility index (Phi) is 8.39. The number of esters is 1. The van der Waals surface area contributed by atoms with E-state index >= 15 is 0 Å². The van der Waals surface area contributed by atoms with E-state index in [1.807, 2.05) is 0 Å². The number of carbonyl (C=O) groups excluding carboxylic acids is 2. The predicted molar refractivity (Wildman–Crippen MR) is 144 cm³/mol. The Morgan fingerprint density at radius 1 is 1.10 bits per heavy atom. The number of halogens is 4. The number of ether oxygens (including phenoxy) is 2. The summed E-state index contributed by atoms with van der Waals surface area (Å²) in [4.78, 5) is 35.6. The third kappa shape index (κ3) is 6.68. The number of benzene rings is 2. The zero-order valence-electron chi connectivity index (χ0n) is 22.5. The summed E-state index contributed by atoms with van der Waals surface area (Å²) in [5.74, 6) is -1.01. The average molecular weight is 586 g/mol. The lowest BCUT2D eigenvalue weighted by Gasteiger charge is -2.31. The van der Waals surface area contributed by atoms with Crippen LogP contribution < -0.4 is 10.1 Å². The molecule has 0 bridgehead atoms. The number of piperidine rings is 1. The normalized spacial score (nSPS) is 15.9. The number of amides is 1. The van der Waals surface area contributed by atoms with Crippen molar-refractivity contribution < 1.29 is 36.6 Å². The minimum absolute atomic E-state index is 0.162. The number of anilines is 1. The molecule has 3 heterocycles. The van der Waals surface area contributed by atoms with Crippen LogP contribution in [0.3, 0.4) is 0 Å². The first-order chi connectivity index (χ1) is 20.1. The molecule has 13 heteroatoms. The molecule has 9 nitrogen and oxygen atoms in total. The van der Waals surface area contributed by atoms with Gasteiger partial charge in [0.2, 0.25) is 5.88 Å². The first kappa shape index (κ1) is 29.0. The summed E-state index contributed by atoms with van der Waals surface area (Å²) in [7, 11) is 0. The molecule has 1 saturated heterocycles. The molecule has 1 amide bonds. The van der Waals surface area contributed by atoms with Gasteiger partial charge in [0, 0.05) is 36.4 Å². The van der Waals surface area contributed by atoms with E-state index in [-0.39, 0.29) is 17.6 Å². The Bertz CT molecular complexity index is 1610. The minimum atomic E-state index is -4.90. The zero-order chi connectivity index (χ0) is 29.9. The summed E-state index contributed by atoms with van der Waals surface area (Å²) in [6.45, 7) is 4.09. The van der Waals surface area contributed by atoms with Crippen LogP contribution in [0.4, 0.5) is 28.0 Å². The van der Waals surface area contributed by atoms with E-state index in [0.717, 1.165) is 31.1 Å². The first-order valence-corrected chi connectivity index (χ1v) is 13.3. The number of rotatable bonds is 7. The number of aromatic nitrogens is 3. The van der Waals surface area contributed by atoms with Gasteiger partial charge in [-0.2, -0.15) is 13.2 Å². The molecule has 5 rings (SSSR count). The lowest BCUT2D eigenvalue weighted by atomic mass is 9.98. The van der Waals surface area contributed by atoms with Gasteiger partial charge in [-0.15, -0.1) is 0 Å². The van der Waals surface area contributed by atoms with Crippen LogP contribution in [0.5, 0.6) is 11.6 Å². The maximum absolute atomic E-state index is 13.6. The second kappa shape index (κ2) is 12.1. The first-order valence-electron chi connectivity index (χ1n) is 13.3. The van der Waals surface area contributed by atoms with Crippen LogP contribution >= 0.6 is 0 Å². The molecule has 0 radical (unpaired) electrons. The van der Waals surface area contributed by atoms with Gasteiger partial charge in [0.05, 0.1) is 29.3 Å². The monoisotopic (exact) mass is 585 g/mol. The van der Waals surface area contributed by atoms with Gasteiger partial charge >= 0.3 is 18.2 Å². The molecular formula is C29H27F4N5O4. The Balaban J connectivity index is 1.25. The number of likely N-dealkylation sites (tertiary alicyclic amines) is 1. The summed E-state index contributed by atoms with van der Waals surface area (Å²) in [6, 6.07) is 9.84. The van der Waals surface area contributed by atoms with Gasteiger partial charge < -0.3 is 14.8 Å². The van der Waals surface area contributed by atoms with Crippen LogP contribution in [0.1, 0.15) is 31.0 Å². The van der Waals surface area contributed by atoms with Crippen molar-refractivity contribution in [1.29, 1.82) is 0 Å². The summed E-state index contributed by atoms with van der Waals surface area (Å²) in [5.41, 5.74) is -0.467. The highest BCUT2D eigenvalue weighted by molar-refractivity contribution is 5.98. The van der Waals surface area contributed by atoms with Crippen molar-refractivity contribution in [3.63, 3.8) is 0 Å². The average Bonchev–Trinajstić information content (AvgIpc) is 3.37. The molecule has 0 aliphatic carbocycles. The van der Waals surface area contributed by atoms with Crippen molar-refractivity contribution in [2.45, 2.75) is 32.5 Å². The van der Waals surface area contributed by atoms with Crippen molar-refractivity contribution in [2.75, 3.05) is 25.0 Å². The fourth-order valence-corrected chi connectivity index (χ4v) is 4.89. The maximum atomic E-state index is 13.6. The van der Waals surface area contributed by atoms with Crippen LogP contribution in [0.15, 0.2) is 61.1 Å². The minimum Gasteiger partial charge on any atom is -0.466 e. The number of fused-ring (bicyclic) bond motifs is 1. The highest BCUT2D eigenvalue weighted by Crippen LogP contribution is 2.33. The van der Waals surface area contributed by atoms with Crippen LogP contribution in [0.2, 0.25) is 0 Å². The topological polar surface area (TPSA) is 98.6 Å². The molecule has 1 aliphatic heterocycles. The smallest absolute Gasteiger partial charge is 0.419 e. The van der Waals surface area contributed by atoms with E-state index < -0.39 is 23.6 Å². The highest BCUT2D eigenvalue weighted by atomic mass is 19.4. The van der Waals surface area contributed by atoms with Gasteiger partial charge in [-0.1, -0.05) is 0 Å². The lowest BCUT2D eigenvalue weighted by molar-refractivity contribution is -0.150. The van der Waals surface area contributed by atoms with E-state index in [9.17, 15) is 27.2 Å². The number of hydrogen-bond acceptors (Lipinski definition) is 7. The fourth-order valence-electron chi connectivity index (χ4n) is 4.89. The standard InChI is InChI=1S/C29H27F4N5O4/c1-2-41-27(39)19-4-3-10-37(15-19)16-21-14-26(35-17-34-21)42-22-6-8-25-18(12-22)9-11-38(25)28(40)36-20-5-7-24(30)23(13-20)29(31,32)33/h5-9,11-14,17,19H,2-4,10,15-16H2,1H3,(H,36,40). The molecule has 2 aromatic carbocycles. The van der Waals surface area contributed by atoms with Crippen LogP contribution in [0.25, 0.3) is 10.9 Å². The molecule has 42 heavy (non-hydrogen) atoms. The van der Waals surface area contributed by atoms with E-state index in [1.54, 1.807) is 37.3 Å². The van der Waals surface area contributed by atoms with Crippen LogP contribution in [0, 0.1) is 11.7 Å². The lowest BCUT2D eigenvalue weighted by Crippen LogP contribution is -2.39. The Hall–Kier alpha value is -4.52. The summed E-state index contributed by atoms with van der Waals surface area (Å²) in [6.07, 6.45) is -0.357. The molecule has 0 saturated carbocycles. The molecule has 1 aliphatic rings. The third-order valence-corrected chi connectivity index (χ3v) is 6.84. The van der Waals surface area contributed by atoms with Gasteiger partial charge in [-0.3, -0.25) is 14.3 Å². The molecule has 2 aromatic heterocycles. The van der Waals surface area contributed by atoms with E-state index in [0.29, 0.717) is 54.4 Å². The largest absolute Gasteiger partial charge is 0.466 e. The molecule has 220 valence electrons. The second-order valence-corrected chi connectivity index (χ2v) is 9.80. The van der Waals surface area contributed by atoms with Crippen molar-refractivity contribution in [3.8, 4) is 11.6 Å². The molecule has 1 N–H and O–H groups in total. The summed E-state index contributed by atoms with van der Waals surface area (Å²) in [5, 5.41) is 2.99. The molecule has 1 unspecified atom stereocenters. The maximum Gasteiger partial charge on any atom is 0.419 e. The number of carbonyl (C=O) groups is 2. The highest BCUT2D eigenvalue weighted by Gasteiger charge is 2.34. The van der Waals surface area contributed by atoms with Crippen molar-refractivity contribution in [3.05, 3.63) is 78.1 Å². The quantitative estimate of drug-likeness (QED) is 0.203. The second-order valence-electron chi connectivity index (χ2n) is 9.80. The molecule has 0 spiro atoms. The molecule has 1 atom stereocenters. The van der Waals surface area contributed by atoms with Crippen LogP contribution in [-0.2, 0) is 22.3 Å². The Morgan fingerprint density at radius 2 is 1.93 bits per heavy atom. The molecule has 4 aromatic rings. The van der Waals surface area contributed by atoms with Crippen molar-refractivity contribution in [2.24, 2.45) is 5.92 Å². The third-order valence-electron chi connectivity index (χ3n) is 6.84. The van der Waals surface area contributed by atoms with Gasteiger partial charge in [-0.25, -0.2) is 19.2 Å². The number of nitrogens with zero attached hydrogens (tertiary/aromatic N) is 4. The Labute approximate surface area is 238 Å². The van der Waals surface area contributed by atoms with E-state index in [2.05, 4.69) is 20.2 Å². The number of hydrogen-bond donors (Lipinski definition) is 1. The van der Waals surface area contributed by atoms with Crippen molar-refractivity contribution >= 4 is 28.6 Å². The van der Waals surface area contributed by atoms with Gasteiger partial charge in [0.1, 0.15) is 17.9 Å². The molecular weight excluding hydrogens is 558 g/mol. The van der Waals surface area contributed by atoms with E-state index in [4.69, 9.17) is 9.47 Å². The van der Waals surface area contributed by atoms with Gasteiger partial charge in [0.15, 0.2) is 0 Å². The van der Waals surface area contributed by atoms with Crippen LogP contribution in [-0.4, -0.2) is 51.1 Å². The Morgan fingerprint density at radius 3 is 2.71 bits per heavy atom. The summed E-state index contributed by atoms with van der Waals surface area (Å²) < 4.78 is 65.0. The van der Waals surface area contributed by atoms with Crippen molar-refractivity contribution in [1.82, 2.24) is 19.4 Å². The fraction of sp³-hybridized carbons (Fsp3) is 0.310. The predicted octanol–water partition coefficient (Wildman–Crippen LogP) is 6.24. The zero-order valence-corrected chi connectivity index (χ0v) is 22.5. The van der Waals surface area contributed by atoms with Gasteiger partial charge in [-0.05, 0) is 68.8 Å². The number of alkyl halides is 3. The summed E-state index contributed by atoms with van der Waals surface area (Å²) >= 11 is 0. The molecule has 1 fully saturated rings. The SMILES string of the molecule is CCOC(=O)C1CCCN(Cc2cc(Oc3ccc4c(ccn4C(=O)Nc4ccc(F)c(C(F)(F)F)c4)c3)ncn2)C1.